The van der Waals surface area contributed by atoms with Crippen LogP contribution >= 0.6 is 11.6 Å². The summed E-state index contributed by atoms with van der Waals surface area (Å²) < 4.78 is 36.0. The Kier molecular flexibility index (Phi) is 9.65. The predicted molar refractivity (Wildman–Crippen MR) is 198 cm³/mol. The van der Waals surface area contributed by atoms with E-state index in [4.69, 9.17) is 21.1 Å². The van der Waals surface area contributed by atoms with Crippen molar-refractivity contribution in [3.63, 3.8) is 0 Å². The van der Waals surface area contributed by atoms with Crippen LogP contribution in [0.25, 0.3) is 0 Å². The number of methoxy groups -OCH3 is 1. The number of fused-ring (bicyclic) bond motifs is 4. The summed E-state index contributed by atoms with van der Waals surface area (Å²) in [4.78, 5) is 29.8. The summed E-state index contributed by atoms with van der Waals surface area (Å²) in [5.41, 5.74) is 4.68. The van der Waals surface area contributed by atoms with E-state index in [1.54, 1.807) is 25.4 Å². The van der Waals surface area contributed by atoms with Gasteiger partial charge in [-0.15, -0.1) is 4.36 Å². The van der Waals surface area contributed by atoms with Crippen LogP contribution in [0.2, 0.25) is 5.02 Å². The van der Waals surface area contributed by atoms with Crippen LogP contribution in [0.1, 0.15) is 76.6 Å². The van der Waals surface area contributed by atoms with Crippen molar-refractivity contribution in [1.29, 1.82) is 0 Å². The number of allylic oxidation sites excluding steroid dienone is 1. The monoisotopic (exact) mass is 718 g/mol. The average Bonchev–Trinajstić information content (AvgIpc) is 3.33. The summed E-state index contributed by atoms with van der Waals surface area (Å²) in [5, 5.41) is 0.743. The Morgan fingerprint density at radius 3 is 2.76 bits per heavy atom. The smallest absolute Gasteiger partial charge is 0.286 e. The maximum atomic E-state index is 14.5. The molecule has 1 fully saturated rings. The van der Waals surface area contributed by atoms with Gasteiger partial charge in [0.25, 0.3) is 11.8 Å². The minimum absolute atomic E-state index is 0.0243. The van der Waals surface area contributed by atoms with Gasteiger partial charge in [0.2, 0.25) is 0 Å². The first kappa shape index (κ1) is 34.8. The van der Waals surface area contributed by atoms with Gasteiger partial charge in [-0.3, -0.25) is 14.3 Å². The lowest BCUT2D eigenvalue weighted by Crippen LogP contribution is -2.49. The first-order valence-corrected chi connectivity index (χ1v) is 19.8. The molecule has 3 heterocycles. The molecule has 11 heteroatoms. The van der Waals surface area contributed by atoms with Gasteiger partial charge in [-0.25, -0.2) is 4.21 Å². The number of aromatic nitrogens is 1. The number of halogens is 1. The van der Waals surface area contributed by atoms with Gasteiger partial charge in [-0.2, -0.15) is 0 Å². The molecule has 266 valence electrons. The summed E-state index contributed by atoms with van der Waals surface area (Å²) >= 11 is 6.46. The van der Waals surface area contributed by atoms with Crippen LogP contribution in [0, 0.1) is 24.7 Å². The molecule has 2 bridgehead atoms. The zero-order chi connectivity index (χ0) is 35.2. The molecule has 0 unspecified atom stereocenters. The highest BCUT2D eigenvalue weighted by molar-refractivity contribution is 7.92. The molecular formula is C39H47ClN4O5S. The van der Waals surface area contributed by atoms with Crippen LogP contribution in [-0.2, 0) is 33.5 Å². The zero-order valence-corrected chi connectivity index (χ0v) is 30.9. The van der Waals surface area contributed by atoms with Gasteiger partial charge in [0.05, 0.1) is 29.7 Å². The standard InChI is InChI=1S/C39H47ClN4O5S/c1-25-7-5-9-35(48-4)32-13-10-29(32)21-44-23-39(16-6-8-27-18-31(40)12-14-33(27)39)24-49-36-15-11-28(19-34(36)44)37(45)41-50(47,22-25)42-38(46)30-17-26(2)43(3)20-30/h5,9,11-12,14-15,17-20,25,29,32,35H,6-8,10,13,16,21-24H2,1-4H3,(H,41,42,45,46,47)/b9-5+/t25-,29-,32+,35-,39-,50-/m0/s1. The third kappa shape index (κ3) is 6.86. The molecule has 0 saturated heterocycles. The number of carbonyl (C=O) groups excluding carboxylic acids is 2. The number of ether oxygens (including phenoxy) is 2. The van der Waals surface area contributed by atoms with Gasteiger partial charge >= 0.3 is 0 Å². The Balaban J connectivity index is 1.30. The molecule has 1 spiro atoms. The third-order valence-electron chi connectivity index (χ3n) is 11.3. The van der Waals surface area contributed by atoms with E-state index in [1.807, 2.05) is 43.7 Å². The summed E-state index contributed by atoms with van der Waals surface area (Å²) in [6, 6.07) is 13.3. The maximum absolute atomic E-state index is 14.5. The summed E-state index contributed by atoms with van der Waals surface area (Å²) in [7, 11) is 0.113. The Bertz CT molecular complexity index is 1950. The molecule has 7 rings (SSSR count). The second-order valence-electron chi connectivity index (χ2n) is 14.9. The van der Waals surface area contributed by atoms with Crippen molar-refractivity contribution < 1.29 is 23.3 Å². The van der Waals surface area contributed by atoms with Crippen LogP contribution in [0.3, 0.4) is 0 Å². The van der Waals surface area contributed by atoms with Crippen molar-refractivity contribution in [3.8, 4) is 5.75 Å². The van der Waals surface area contributed by atoms with Crippen molar-refractivity contribution >= 4 is 39.0 Å². The van der Waals surface area contributed by atoms with Crippen molar-refractivity contribution in [2.75, 3.05) is 37.5 Å². The van der Waals surface area contributed by atoms with Crippen molar-refractivity contribution in [2.45, 2.75) is 63.9 Å². The largest absolute Gasteiger partial charge is 0.490 e. The number of hydrogen-bond donors (Lipinski definition) is 1. The minimum Gasteiger partial charge on any atom is -0.490 e. The predicted octanol–water partition coefficient (Wildman–Crippen LogP) is 7.05. The maximum Gasteiger partial charge on any atom is 0.286 e. The summed E-state index contributed by atoms with van der Waals surface area (Å²) in [6.07, 6.45) is 11.6. The number of nitrogens with one attached hydrogen (secondary N) is 1. The van der Waals surface area contributed by atoms with E-state index in [2.05, 4.69) is 38.3 Å². The molecule has 1 saturated carbocycles. The lowest BCUT2D eigenvalue weighted by atomic mass is 9.68. The number of amides is 2. The van der Waals surface area contributed by atoms with Gasteiger partial charge in [0, 0.05) is 55.1 Å². The van der Waals surface area contributed by atoms with E-state index in [-0.39, 0.29) is 23.2 Å². The fourth-order valence-electron chi connectivity index (χ4n) is 8.37. The Labute approximate surface area is 300 Å². The van der Waals surface area contributed by atoms with Crippen LogP contribution in [0.4, 0.5) is 5.69 Å². The molecule has 2 amide bonds. The molecule has 6 atom stereocenters. The molecule has 2 aromatic carbocycles. The van der Waals surface area contributed by atoms with Crippen LogP contribution < -0.4 is 14.4 Å². The molecule has 2 aliphatic carbocycles. The van der Waals surface area contributed by atoms with E-state index in [0.717, 1.165) is 61.6 Å². The van der Waals surface area contributed by atoms with E-state index in [1.165, 1.54) is 11.1 Å². The van der Waals surface area contributed by atoms with Crippen molar-refractivity contribution in [3.05, 3.63) is 93.8 Å². The molecule has 0 radical (unpaired) electrons. The van der Waals surface area contributed by atoms with Crippen molar-refractivity contribution in [1.82, 2.24) is 9.29 Å². The molecule has 9 nitrogen and oxygen atoms in total. The Morgan fingerprint density at radius 2 is 2.02 bits per heavy atom. The zero-order valence-electron chi connectivity index (χ0n) is 29.3. The number of carbonyl (C=O) groups is 2. The minimum atomic E-state index is -3.50. The molecule has 1 aromatic heterocycles. The first-order chi connectivity index (χ1) is 24.0. The average molecular weight is 719 g/mol. The number of benzene rings is 2. The van der Waals surface area contributed by atoms with E-state index >= 15 is 0 Å². The fraction of sp³-hybridized carbons (Fsp3) is 0.487. The van der Waals surface area contributed by atoms with Crippen LogP contribution in [0.15, 0.2) is 65.2 Å². The normalized spacial score (nSPS) is 30.2. The molecule has 50 heavy (non-hydrogen) atoms. The highest BCUT2D eigenvalue weighted by Gasteiger charge is 2.44. The second kappa shape index (κ2) is 13.8. The molecule has 4 aliphatic rings. The number of aryl methyl sites for hydroxylation is 3. The summed E-state index contributed by atoms with van der Waals surface area (Å²) in [6.45, 7) is 5.87. The second-order valence-corrected chi connectivity index (χ2v) is 17.3. The SMILES string of the molecule is CO[C@H]1/C=C/C[C@H](C)C[S@@](=O)(NC(=O)c2cc(C)n(C)c2)=NC(=O)c2ccc3c(c2)N(C[C@@H]2CC[C@H]21)C[C@@]1(CCCc2cc(Cl)ccc21)CO3. The highest BCUT2D eigenvalue weighted by Crippen LogP contribution is 2.47. The van der Waals surface area contributed by atoms with Gasteiger partial charge in [0.15, 0.2) is 0 Å². The van der Waals surface area contributed by atoms with Crippen molar-refractivity contribution in [2.24, 2.45) is 29.2 Å². The van der Waals surface area contributed by atoms with E-state index in [9.17, 15) is 13.8 Å². The molecular weight excluding hydrogens is 672 g/mol. The Morgan fingerprint density at radius 1 is 1.18 bits per heavy atom. The van der Waals surface area contributed by atoms with Crippen LogP contribution in [-0.4, -0.2) is 59.3 Å². The van der Waals surface area contributed by atoms with Gasteiger partial charge < -0.3 is 18.9 Å². The van der Waals surface area contributed by atoms with Crippen LogP contribution in [0.5, 0.6) is 5.75 Å². The van der Waals surface area contributed by atoms with E-state index in [0.29, 0.717) is 41.7 Å². The van der Waals surface area contributed by atoms with Gasteiger partial charge in [-0.1, -0.05) is 36.7 Å². The fourth-order valence-corrected chi connectivity index (χ4v) is 10.5. The topological polar surface area (TPSA) is 102 Å². The lowest BCUT2D eigenvalue weighted by Gasteiger charge is -2.46. The molecule has 1 N–H and O–H groups in total. The number of rotatable bonds is 3. The van der Waals surface area contributed by atoms with Gasteiger partial charge in [-0.05, 0) is 111 Å². The summed E-state index contributed by atoms with van der Waals surface area (Å²) in [5.74, 6) is 0.191. The quantitative estimate of drug-likeness (QED) is 0.292. The molecule has 2 aliphatic heterocycles. The number of nitrogens with zero attached hydrogens (tertiary/aromatic N) is 3. The van der Waals surface area contributed by atoms with E-state index < -0.39 is 21.7 Å². The number of hydrogen-bond acceptors (Lipinski definition) is 6. The number of anilines is 1. The Hall–Kier alpha value is -3.60. The third-order valence-corrected chi connectivity index (χ3v) is 13.5. The lowest BCUT2D eigenvalue weighted by molar-refractivity contribution is 0.0131. The molecule has 3 aromatic rings. The first-order valence-electron chi connectivity index (χ1n) is 17.7. The van der Waals surface area contributed by atoms with Gasteiger partial charge in [0.1, 0.15) is 15.7 Å². The highest BCUT2D eigenvalue weighted by atomic mass is 35.5.